The van der Waals surface area contributed by atoms with Crippen molar-refractivity contribution in [1.29, 1.82) is 0 Å². The van der Waals surface area contributed by atoms with Gasteiger partial charge in [-0.2, -0.15) is 4.80 Å². The van der Waals surface area contributed by atoms with Gasteiger partial charge in [-0.25, -0.2) is 4.39 Å². The van der Waals surface area contributed by atoms with E-state index in [1.165, 1.54) is 17.1 Å². The van der Waals surface area contributed by atoms with E-state index in [0.29, 0.717) is 28.2 Å². The summed E-state index contributed by atoms with van der Waals surface area (Å²) in [5.41, 5.74) is 1.75. The Balaban J connectivity index is 0.00000193. The van der Waals surface area contributed by atoms with E-state index in [4.69, 9.17) is 0 Å². The molecule has 1 N–H and O–H groups in total. The minimum absolute atomic E-state index is 0. The SMILES string of the molecule is Cn1nnc(-c2ccc(-c3ccc([C@H]4CC(COP(=O)([O-])[O-])NC4=O)cc3F)cn2)n1.[Na+].[Na+]. The van der Waals surface area contributed by atoms with Gasteiger partial charge in [0.2, 0.25) is 11.7 Å². The molecule has 0 spiro atoms. The fraction of sp³-hybridized carbons (Fsp3) is 0.278. The smallest absolute Gasteiger partial charge is 0.790 e. The van der Waals surface area contributed by atoms with E-state index < -0.39 is 38.1 Å². The van der Waals surface area contributed by atoms with E-state index in [1.54, 1.807) is 31.3 Å². The fourth-order valence-electron chi connectivity index (χ4n) is 3.38. The minimum atomic E-state index is -5.13. The van der Waals surface area contributed by atoms with Crippen molar-refractivity contribution >= 4 is 13.7 Å². The first-order chi connectivity index (χ1) is 14.7. The van der Waals surface area contributed by atoms with E-state index in [1.807, 2.05) is 0 Å². The molecule has 0 radical (unpaired) electrons. The third-order valence-corrected chi connectivity index (χ3v) is 5.29. The van der Waals surface area contributed by atoms with E-state index in [0.717, 1.165) is 0 Å². The maximum absolute atomic E-state index is 14.8. The van der Waals surface area contributed by atoms with Crippen LogP contribution in [0.4, 0.5) is 4.39 Å². The molecule has 1 fully saturated rings. The van der Waals surface area contributed by atoms with Crippen LogP contribution in [0.2, 0.25) is 0 Å². The number of pyridine rings is 1. The van der Waals surface area contributed by atoms with Gasteiger partial charge in [-0.1, -0.05) is 18.2 Å². The Labute approximate surface area is 232 Å². The van der Waals surface area contributed by atoms with Crippen LogP contribution in [-0.4, -0.2) is 43.7 Å². The van der Waals surface area contributed by atoms with Crippen molar-refractivity contribution < 1.29 is 87.2 Å². The number of halogens is 1. The predicted octanol–water partition coefficient (Wildman–Crippen LogP) is -6.10. The Bertz CT molecular complexity index is 1180. The van der Waals surface area contributed by atoms with Crippen molar-refractivity contribution in [3.05, 3.63) is 47.9 Å². The van der Waals surface area contributed by atoms with Crippen molar-refractivity contribution in [2.24, 2.45) is 7.05 Å². The molecule has 0 aliphatic carbocycles. The number of amides is 1. The molecule has 2 atom stereocenters. The van der Waals surface area contributed by atoms with Crippen molar-refractivity contribution in [3.8, 4) is 22.6 Å². The number of phosphoric ester groups is 1. The number of tetrazole rings is 1. The first-order valence-corrected chi connectivity index (χ1v) is 10.6. The minimum Gasteiger partial charge on any atom is -0.790 e. The fourth-order valence-corrected chi connectivity index (χ4v) is 3.75. The normalized spacial score (nSPS) is 17.8. The van der Waals surface area contributed by atoms with E-state index in [2.05, 4.69) is 30.2 Å². The zero-order valence-corrected chi connectivity index (χ0v) is 23.0. The topological polar surface area (TPSA) is 158 Å². The van der Waals surface area contributed by atoms with Crippen molar-refractivity contribution in [3.63, 3.8) is 0 Å². The maximum atomic E-state index is 14.8. The molecule has 1 aromatic carbocycles. The first kappa shape index (κ1) is 28.2. The van der Waals surface area contributed by atoms with E-state index in [-0.39, 0.29) is 65.5 Å². The second-order valence-electron chi connectivity index (χ2n) is 7.01. The van der Waals surface area contributed by atoms with Crippen molar-refractivity contribution in [2.75, 3.05) is 6.61 Å². The standard InChI is InChI=1S/C18H18FN6O5P.2Na/c1-25-23-17(22-24-25)16-5-3-11(8-20-16)13-4-2-10(6-15(13)19)14-7-12(21-18(14)26)9-30-31(27,28)29;;/h2-6,8,12,14H,7,9H2,1H3,(H,21,26)(H2,27,28,29);;/q;2*+1/p-2/t12?,14-;;/m1../s1. The number of nitrogens with zero attached hydrogens (tertiary/aromatic N) is 5. The third kappa shape index (κ3) is 6.98. The first-order valence-electron chi connectivity index (χ1n) is 9.17. The van der Waals surface area contributed by atoms with Crippen molar-refractivity contribution in [1.82, 2.24) is 30.5 Å². The Kier molecular flexibility index (Phi) is 9.90. The quantitative estimate of drug-likeness (QED) is 0.261. The van der Waals surface area contributed by atoms with Crippen LogP contribution < -0.4 is 74.2 Å². The van der Waals surface area contributed by atoms with Crippen LogP contribution >= 0.6 is 7.82 Å². The number of aromatic nitrogens is 5. The second kappa shape index (κ2) is 11.6. The molecule has 1 saturated heterocycles. The molecule has 1 aliphatic heterocycles. The predicted molar refractivity (Wildman–Crippen MR) is 100 cm³/mol. The molecule has 1 amide bonds. The summed E-state index contributed by atoms with van der Waals surface area (Å²) in [6.07, 6.45) is 1.67. The average Bonchev–Trinajstić information content (AvgIpc) is 3.31. The van der Waals surface area contributed by atoms with Crippen LogP contribution in [0.3, 0.4) is 0 Å². The number of benzene rings is 1. The molecule has 3 aromatic rings. The number of carbonyl (C=O) groups excluding carboxylic acids is 1. The van der Waals surface area contributed by atoms with E-state index in [9.17, 15) is 23.5 Å². The van der Waals surface area contributed by atoms with Crippen LogP contribution in [0.5, 0.6) is 0 Å². The molecule has 3 heterocycles. The molecule has 11 nitrogen and oxygen atoms in total. The molecule has 0 saturated carbocycles. The van der Waals surface area contributed by atoms with Gasteiger partial charge in [-0.05, 0) is 29.3 Å². The summed E-state index contributed by atoms with van der Waals surface area (Å²) in [6, 6.07) is 7.10. The van der Waals surface area contributed by atoms with Crippen LogP contribution in [0, 0.1) is 5.82 Å². The van der Waals surface area contributed by atoms with Crippen LogP contribution in [0.15, 0.2) is 36.5 Å². The van der Waals surface area contributed by atoms with Gasteiger partial charge >= 0.3 is 59.1 Å². The molecular weight excluding hydrogens is 476 g/mol. The number of hydrogen-bond acceptors (Lipinski definition) is 9. The summed E-state index contributed by atoms with van der Waals surface area (Å²) < 4.78 is 29.6. The van der Waals surface area contributed by atoms with Crippen LogP contribution in [-0.2, 0) is 20.9 Å². The van der Waals surface area contributed by atoms with Crippen LogP contribution in [0.1, 0.15) is 17.9 Å². The molecule has 1 aliphatic rings. The molecule has 4 rings (SSSR count). The Morgan fingerprint density at radius 2 is 2.03 bits per heavy atom. The summed E-state index contributed by atoms with van der Waals surface area (Å²) in [7, 11) is -3.50. The molecule has 15 heteroatoms. The van der Waals surface area contributed by atoms with Gasteiger partial charge in [-0.3, -0.25) is 9.78 Å². The summed E-state index contributed by atoms with van der Waals surface area (Å²) in [6.45, 7) is -0.453. The number of nitrogens with one attached hydrogen (secondary N) is 1. The molecular formula is C18H16FN6Na2O5P. The number of rotatable bonds is 6. The number of carbonyl (C=O) groups is 1. The molecule has 2 aromatic heterocycles. The van der Waals surface area contributed by atoms with E-state index >= 15 is 0 Å². The molecule has 1 unspecified atom stereocenters. The second-order valence-corrected chi connectivity index (χ2v) is 8.16. The Morgan fingerprint density at radius 3 is 2.61 bits per heavy atom. The Hall–Kier alpha value is -1.05. The number of phosphoric acid groups is 1. The van der Waals surface area contributed by atoms with Gasteiger partial charge in [0.1, 0.15) is 11.5 Å². The summed E-state index contributed by atoms with van der Waals surface area (Å²) in [5.74, 6) is -1.27. The van der Waals surface area contributed by atoms with Gasteiger partial charge in [0.25, 0.3) is 0 Å². The third-order valence-electron chi connectivity index (χ3n) is 4.82. The number of hydrogen-bond donors (Lipinski definition) is 1. The maximum Gasteiger partial charge on any atom is 1.00 e. The number of aryl methyl sites for hydroxylation is 1. The van der Waals surface area contributed by atoms with Gasteiger partial charge in [-0.15, -0.1) is 10.2 Å². The summed E-state index contributed by atoms with van der Waals surface area (Å²) >= 11 is 0. The van der Waals surface area contributed by atoms with Gasteiger partial charge in [0, 0.05) is 17.3 Å². The van der Waals surface area contributed by atoms with Crippen LogP contribution in [0.25, 0.3) is 22.6 Å². The van der Waals surface area contributed by atoms with Gasteiger partial charge in [0.15, 0.2) is 0 Å². The van der Waals surface area contributed by atoms with Crippen molar-refractivity contribution in [2.45, 2.75) is 18.4 Å². The molecule has 162 valence electrons. The zero-order valence-electron chi connectivity index (χ0n) is 18.1. The monoisotopic (exact) mass is 492 g/mol. The van der Waals surface area contributed by atoms with Gasteiger partial charge in [0.05, 0.1) is 33.4 Å². The zero-order chi connectivity index (χ0) is 22.2. The molecule has 33 heavy (non-hydrogen) atoms. The molecule has 0 bridgehead atoms. The average molecular weight is 492 g/mol. The largest absolute Gasteiger partial charge is 1.00 e. The van der Waals surface area contributed by atoms with Gasteiger partial charge < -0.3 is 24.2 Å². The summed E-state index contributed by atoms with van der Waals surface area (Å²) in [5, 5.41) is 14.2. The Morgan fingerprint density at radius 1 is 1.27 bits per heavy atom. The summed E-state index contributed by atoms with van der Waals surface area (Å²) in [4.78, 5) is 39.0.